The van der Waals surface area contributed by atoms with Gasteiger partial charge in [-0.05, 0) is 12.2 Å². The first kappa shape index (κ1) is 13.8. The molecular formula is C12H12N6OS2. The van der Waals surface area contributed by atoms with Crippen molar-refractivity contribution in [3.05, 3.63) is 45.9 Å². The fraction of sp³-hybridized carbons (Fsp3) is 0.250. The summed E-state index contributed by atoms with van der Waals surface area (Å²) in [4.78, 5) is 20.7. The molecule has 3 rings (SSSR count). The van der Waals surface area contributed by atoms with Crippen molar-refractivity contribution < 1.29 is 0 Å². The Morgan fingerprint density at radius 3 is 2.95 bits per heavy atom. The Morgan fingerprint density at radius 1 is 1.38 bits per heavy atom. The molecule has 0 spiro atoms. The number of nitrogens with zero attached hydrogens (tertiary/aromatic N) is 6. The van der Waals surface area contributed by atoms with E-state index in [1.807, 2.05) is 4.57 Å². The van der Waals surface area contributed by atoms with Gasteiger partial charge < -0.3 is 4.57 Å². The molecule has 0 unspecified atom stereocenters. The molecule has 0 N–H and O–H groups in total. The first-order chi connectivity index (χ1) is 10.2. The third kappa shape index (κ3) is 2.57. The van der Waals surface area contributed by atoms with Crippen molar-refractivity contribution in [3.63, 3.8) is 0 Å². The first-order valence-corrected chi connectivity index (χ1v) is 7.45. The van der Waals surface area contributed by atoms with Gasteiger partial charge in [-0.15, -0.1) is 6.58 Å². The Bertz CT molecular complexity index is 889. The zero-order valence-electron chi connectivity index (χ0n) is 11.0. The lowest BCUT2D eigenvalue weighted by Crippen LogP contribution is -2.22. The highest BCUT2D eigenvalue weighted by molar-refractivity contribution is 7.73. The number of rotatable bonds is 5. The number of thiazole rings is 1. The topological polar surface area (TPSA) is 70.5 Å². The normalized spacial score (nSPS) is 11.0. The Morgan fingerprint density at radius 2 is 2.24 bits per heavy atom. The zero-order valence-corrected chi connectivity index (χ0v) is 12.7. The lowest BCUT2D eigenvalue weighted by atomic mass is 10.5. The number of hydrogen-bond acceptors (Lipinski definition) is 6. The van der Waals surface area contributed by atoms with E-state index in [0.29, 0.717) is 33.9 Å². The average molecular weight is 320 g/mol. The molecule has 3 aromatic rings. The number of allylic oxidation sites excluding steroid dienone is 1. The highest BCUT2D eigenvalue weighted by atomic mass is 32.1. The molecule has 7 nitrogen and oxygen atoms in total. The van der Waals surface area contributed by atoms with Gasteiger partial charge in [0, 0.05) is 13.1 Å². The van der Waals surface area contributed by atoms with Crippen LogP contribution in [-0.4, -0.2) is 28.9 Å². The van der Waals surface area contributed by atoms with Crippen LogP contribution in [0.25, 0.3) is 10.3 Å². The molecule has 3 aromatic heterocycles. The molecule has 0 atom stereocenters. The van der Waals surface area contributed by atoms with Gasteiger partial charge >= 0.3 is 0 Å². The molecule has 0 amide bonds. The van der Waals surface area contributed by atoms with Crippen molar-refractivity contribution in [3.8, 4) is 0 Å². The van der Waals surface area contributed by atoms with Crippen LogP contribution in [0.3, 0.4) is 0 Å². The van der Waals surface area contributed by atoms with Crippen LogP contribution in [0.15, 0.2) is 36.4 Å². The third-order valence-corrected chi connectivity index (χ3v) is 4.42. The number of fused-ring (bicyclic) bond motifs is 1. The second-order valence-electron chi connectivity index (χ2n) is 4.32. The average Bonchev–Trinajstić information content (AvgIpc) is 3.09. The molecule has 108 valence electrons. The highest BCUT2D eigenvalue weighted by Gasteiger charge is 2.11. The minimum absolute atomic E-state index is 0.0842. The summed E-state index contributed by atoms with van der Waals surface area (Å²) in [7, 11) is 0. The third-order valence-electron chi connectivity index (χ3n) is 2.99. The molecule has 0 fully saturated rings. The number of aromatic nitrogens is 6. The fourth-order valence-electron chi connectivity index (χ4n) is 1.98. The summed E-state index contributed by atoms with van der Waals surface area (Å²) in [6.45, 7) is 5.29. The predicted molar refractivity (Wildman–Crippen MR) is 82.9 cm³/mol. The van der Waals surface area contributed by atoms with Gasteiger partial charge in [0.2, 0.25) is 0 Å². The number of aryl methyl sites for hydroxylation is 2. The molecule has 0 aliphatic carbocycles. The molecular weight excluding hydrogens is 308 g/mol. The van der Waals surface area contributed by atoms with Crippen molar-refractivity contribution in [2.45, 2.75) is 19.6 Å². The molecule has 0 saturated carbocycles. The van der Waals surface area contributed by atoms with Gasteiger partial charge in [0.15, 0.2) is 9.60 Å². The van der Waals surface area contributed by atoms with Gasteiger partial charge in [-0.25, -0.2) is 9.97 Å². The van der Waals surface area contributed by atoms with E-state index in [2.05, 4.69) is 21.6 Å². The second kappa shape index (κ2) is 5.70. The van der Waals surface area contributed by atoms with E-state index in [1.165, 1.54) is 17.7 Å². The molecule has 0 radical (unpaired) electrons. The van der Waals surface area contributed by atoms with Gasteiger partial charge in [0.1, 0.15) is 23.7 Å². The van der Waals surface area contributed by atoms with Crippen LogP contribution in [0.2, 0.25) is 0 Å². The lowest BCUT2D eigenvalue weighted by Gasteiger charge is -2.05. The molecule has 0 aliphatic rings. The first-order valence-electron chi connectivity index (χ1n) is 6.23. The summed E-state index contributed by atoms with van der Waals surface area (Å²) in [5, 5.41) is 4.01. The van der Waals surface area contributed by atoms with Crippen LogP contribution in [0.4, 0.5) is 0 Å². The summed E-state index contributed by atoms with van der Waals surface area (Å²) in [6.07, 6.45) is 6.36. The van der Waals surface area contributed by atoms with E-state index in [9.17, 15) is 4.79 Å². The SMILES string of the molecule is C=CCn1c(=S)sc2c(=O)n(CCn3cncn3)cnc21. The Labute approximate surface area is 128 Å². The summed E-state index contributed by atoms with van der Waals surface area (Å²) >= 11 is 6.56. The smallest absolute Gasteiger partial charge is 0.273 e. The monoisotopic (exact) mass is 320 g/mol. The van der Waals surface area contributed by atoms with Crippen LogP contribution in [0.1, 0.15) is 0 Å². The van der Waals surface area contributed by atoms with Gasteiger partial charge in [-0.3, -0.25) is 14.0 Å². The Hall–Kier alpha value is -2.13. The van der Waals surface area contributed by atoms with E-state index in [1.54, 1.807) is 28.0 Å². The zero-order chi connectivity index (χ0) is 14.8. The van der Waals surface area contributed by atoms with Gasteiger partial charge in [-0.2, -0.15) is 5.10 Å². The molecule has 3 heterocycles. The highest BCUT2D eigenvalue weighted by Crippen LogP contribution is 2.17. The van der Waals surface area contributed by atoms with Crippen LogP contribution < -0.4 is 5.56 Å². The molecule has 0 bridgehead atoms. The second-order valence-corrected chi connectivity index (χ2v) is 5.97. The van der Waals surface area contributed by atoms with E-state index >= 15 is 0 Å². The summed E-state index contributed by atoms with van der Waals surface area (Å²) in [5.74, 6) is 0. The van der Waals surface area contributed by atoms with Crippen molar-refractivity contribution in [2.75, 3.05) is 0 Å². The molecule has 0 saturated heterocycles. The van der Waals surface area contributed by atoms with E-state index in [-0.39, 0.29) is 5.56 Å². The summed E-state index contributed by atoms with van der Waals surface area (Å²) in [6, 6.07) is 0. The lowest BCUT2D eigenvalue weighted by molar-refractivity contribution is 0.520. The van der Waals surface area contributed by atoms with Crippen LogP contribution >= 0.6 is 23.6 Å². The molecule has 21 heavy (non-hydrogen) atoms. The number of hydrogen-bond donors (Lipinski definition) is 0. The molecule has 0 aliphatic heterocycles. The fourth-order valence-corrected chi connectivity index (χ4v) is 3.30. The minimum Gasteiger partial charge on any atom is -0.304 e. The van der Waals surface area contributed by atoms with Crippen molar-refractivity contribution >= 4 is 33.9 Å². The van der Waals surface area contributed by atoms with Crippen LogP contribution in [-0.2, 0) is 19.6 Å². The maximum atomic E-state index is 12.5. The maximum absolute atomic E-state index is 12.5. The molecule has 0 aromatic carbocycles. The van der Waals surface area contributed by atoms with E-state index < -0.39 is 0 Å². The molecule has 9 heteroatoms. The van der Waals surface area contributed by atoms with Crippen LogP contribution in [0.5, 0.6) is 0 Å². The standard InChI is InChI=1S/C12H12N6OS2/c1-2-3-18-10-9(21-12(18)20)11(19)16(8-14-10)4-5-17-7-13-6-15-17/h2,6-8H,1,3-5H2. The van der Waals surface area contributed by atoms with Gasteiger partial charge in [0.25, 0.3) is 5.56 Å². The van der Waals surface area contributed by atoms with Gasteiger partial charge in [0.05, 0.1) is 6.54 Å². The van der Waals surface area contributed by atoms with Gasteiger partial charge in [-0.1, -0.05) is 17.4 Å². The maximum Gasteiger partial charge on any atom is 0.273 e. The van der Waals surface area contributed by atoms with Crippen molar-refractivity contribution in [1.82, 2.24) is 28.9 Å². The quantitative estimate of drug-likeness (QED) is 0.526. The summed E-state index contributed by atoms with van der Waals surface area (Å²) in [5.41, 5.74) is 0.533. The summed E-state index contributed by atoms with van der Waals surface area (Å²) < 4.78 is 6.24. The van der Waals surface area contributed by atoms with E-state index in [0.717, 1.165) is 0 Å². The van der Waals surface area contributed by atoms with Crippen molar-refractivity contribution in [1.29, 1.82) is 0 Å². The Kier molecular flexibility index (Phi) is 3.76. The van der Waals surface area contributed by atoms with Crippen LogP contribution in [0, 0.1) is 3.95 Å². The largest absolute Gasteiger partial charge is 0.304 e. The van der Waals surface area contributed by atoms with Crippen molar-refractivity contribution in [2.24, 2.45) is 0 Å². The predicted octanol–water partition coefficient (Wildman–Crippen LogP) is 1.47. The minimum atomic E-state index is -0.0842. The Balaban J connectivity index is 1.98. The van der Waals surface area contributed by atoms with E-state index in [4.69, 9.17) is 12.2 Å².